The topological polar surface area (TPSA) is 53.1 Å². The molecule has 1 unspecified atom stereocenters. The average molecular weight is 279 g/mol. The van der Waals surface area contributed by atoms with Crippen molar-refractivity contribution in [1.29, 1.82) is 5.41 Å². The van der Waals surface area contributed by atoms with Crippen LogP contribution in [0.25, 0.3) is 0 Å². The minimum atomic E-state index is 0.124. The molecule has 1 heterocycles. The second kappa shape index (κ2) is 5.60. The molecule has 3 N–H and O–H groups in total. The number of rotatable bonds is 3. The van der Waals surface area contributed by atoms with Gasteiger partial charge in [-0.3, -0.25) is 5.41 Å². The molecule has 0 amide bonds. The van der Waals surface area contributed by atoms with E-state index < -0.39 is 0 Å². The summed E-state index contributed by atoms with van der Waals surface area (Å²) in [6.07, 6.45) is 1.16. The Balaban J connectivity index is 1.83. The predicted molar refractivity (Wildman–Crippen MR) is 87.8 cm³/mol. The van der Waals surface area contributed by atoms with E-state index in [1.54, 1.807) is 0 Å². The highest BCUT2D eigenvalue weighted by molar-refractivity contribution is 5.94. The maximum atomic E-state index is 7.45. The number of fused-ring (bicyclic) bond motifs is 1. The van der Waals surface area contributed by atoms with E-state index in [0.29, 0.717) is 5.92 Å². The Labute approximate surface area is 125 Å². The van der Waals surface area contributed by atoms with Crippen LogP contribution in [0.15, 0.2) is 48.5 Å². The van der Waals surface area contributed by atoms with Crippen molar-refractivity contribution in [2.24, 2.45) is 11.7 Å². The highest BCUT2D eigenvalue weighted by Crippen LogP contribution is 2.30. The Morgan fingerprint density at radius 1 is 1.19 bits per heavy atom. The van der Waals surface area contributed by atoms with Crippen molar-refractivity contribution in [2.75, 3.05) is 11.4 Å². The van der Waals surface area contributed by atoms with Crippen molar-refractivity contribution >= 4 is 11.5 Å². The molecule has 0 saturated heterocycles. The molecule has 0 fully saturated rings. The number of benzene rings is 2. The Morgan fingerprint density at radius 2 is 1.90 bits per heavy atom. The largest absolute Gasteiger partial charge is 0.384 e. The SMILES string of the molecule is CC1Cc2ccccc2N(Cc2ccc(C(=N)N)cc2)C1. The Kier molecular flexibility index (Phi) is 3.65. The first kappa shape index (κ1) is 13.7. The van der Waals surface area contributed by atoms with E-state index in [1.807, 2.05) is 12.1 Å². The van der Waals surface area contributed by atoms with E-state index in [1.165, 1.54) is 16.8 Å². The number of hydrogen-bond acceptors (Lipinski definition) is 2. The van der Waals surface area contributed by atoms with Crippen molar-refractivity contribution in [2.45, 2.75) is 19.9 Å². The van der Waals surface area contributed by atoms with Gasteiger partial charge in [0.1, 0.15) is 5.84 Å². The second-order valence-corrected chi connectivity index (χ2v) is 5.93. The van der Waals surface area contributed by atoms with E-state index in [0.717, 1.165) is 25.1 Å². The summed E-state index contributed by atoms with van der Waals surface area (Å²) >= 11 is 0. The van der Waals surface area contributed by atoms with Crippen LogP contribution >= 0.6 is 0 Å². The zero-order valence-electron chi connectivity index (χ0n) is 12.3. The highest BCUT2D eigenvalue weighted by atomic mass is 15.1. The zero-order valence-corrected chi connectivity index (χ0v) is 12.3. The molecule has 0 aliphatic carbocycles. The lowest BCUT2D eigenvalue weighted by molar-refractivity contribution is 0.530. The standard InChI is InChI=1S/C18H21N3/c1-13-10-16-4-2-3-5-17(16)21(11-13)12-14-6-8-15(9-7-14)18(19)20/h2-9,13H,10-12H2,1H3,(H3,19,20). The molecule has 3 nitrogen and oxygen atoms in total. The van der Waals surface area contributed by atoms with Gasteiger partial charge in [-0.25, -0.2) is 0 Å². The monoisotopic (exact) mass is 279 g/mol. The van der Waals surface area contributed by atoms with Crippen LogP contribution in [0.3, 0.4) is 0 Å². The molecule has 2 aromatic carbocycles. The number of nitrogen functional groups attached to an aromatic ring is 1. The van der Waals surface area contributed by atoms with Crippen LogP contribution in [-0.2, 0) is 13.0 Å². The molecule has 0 radical (unpaired) electrons. The highest BCUT2D eigenvalue weighted by Gasteiger charge is 2.21. The van der Waals surface area contributed by atoms with E-state index in [2.05, 4.69) is 48.2 Å². The van der Waals surface area contributed by atoms with Gasteiger partial charge in [0.2, 0.25) is 0 Å². The van der Waals surface area contributed by atoms with E-state index >= 15 is 0 Å². The van der Waals surface area contributed by atoms with Gasteiger partial charge in [-0.15, -0.1) is 0 Å². The summed E-state index contributed by atoms with van der Waals surface area (Å²) in [5.41, 5.74) is 10.3. The summed E-state index contributed by atoms with van der Waals surface area (Å²) in [6, 6.07) is 16.7. The molecule has 3 heteroatoms. The lowest BCUT2D eigenvalue weighted by atomic mass is 9.93. The van der Waals surface area contributed by atoms with Crippen molar-refractivity contribution in [3.63, 3.8) is 0 Å². The molecular weight excluding hydrogens is 258 g/mol. The predicted octanol–water partition coefficient (Wildman–Crippen LogP) is 3.17. The van der Waals surface area contributed by atoms with Gasteiger partial charge in [0, 0.05) is 24.3 Å². The van der Waals surface area contributed by atoms with Crippen LogP contribution in [0.2, 0.25) is 0 Å². The molecule has 1 aliphatic heterocycles. The molecule has 0 spiro atoms. The molecule has 3 rings (SSSR count). The number of nitrogens with two attached hydrogens (primary N) is 1. The van der Waals surface area contributed by atoms with Crippen LogP contribution in [0.4, 0.5) is 5.69 Å². The van der Waals surface area contributed by atoms with E-state index in [-0.39, 0.29) is 5.84 Å². The number of hydrogen-bond donors (Lipinski definition) is 2. The van der Waals surface area contributed by atoms with Crippen LogP contribution in [-0.4, -0.2) is 12.4 Å². The van der Waals surface area contributed by atoms with Gasteiger partial charge in [-0.2, -0.15) is 0 Å². The van der Waals surface area contributed by atoms with Gasteiger partial charge >= 0.3 is 0 Å². The number of nitrogens with one attached hydrogen (secondary N) is 1. The summed E-state index contributed by atoms with van der Waals surface area (Å²) in [6.45, 7) is 4.30. The van der Waals surface area contributed by atoms with Gasteiger partial charge < -0.3 is 10.6 Å². The summed E-state index contributed by atoms with van der Waals surface area (Å²) in [5, 5.41) is 7.45. The smallest absolute Gasteiger partial charge is 0.122 e. The third-order valence-corrected chi connectivity index (χ3v) is 4.07. The molecule has 1 atom stereocenters. The Bertz CT molecular complexity index is 646. The Morgan fingerprint density at radius 3 is 2.62 bits per heavy atom. The van der Waals surface area contributed by atoms with Gasteiger partial charge in [0.05, 0.1) is 0 Å². The van der Waals surface area contributed by atoms with Gasteiger partial charge in [-0.05, 0) is 29.5 Å². The number of amidine groups is 1. The van der Waals surface area contributed by atoms with Crippen molar-refractivity contribution < 1.29 is 0 Å². The summed E-state index contributed by atoms with van der Waals surface area (Å²) in [5.74, 6) is 0.801. The third kappa shape index (κ3) is 2.92. The molecule has 0 bridgehead atoms. The van der Waals surface area contributed by atoms with Crippen molar-refractivity contribution in [1.82, 2.24) is 0 Å². The second-order valence-electron chi connectivity index (χ2n) is 5.93. The lowest BCUT2D eigenvalue weighted by Gasteiger charge is -2.35. The van der Waals surface area contributed by atoms with Crippen LogP contribution in [0.5, 0.6) is 0 Å². The number of para-hydroxylation sites is 1. The molecule has 0 aromatic heterocycles. The van der Waals surface area contributed by atoms with E-state index in [4.69, 9.17) is 11.1 Å². The Hall–Kier alpha value is -2.29. The minimum absolute atomic E-state index is 0.124. The molecule has 21 heavy (non-hydrogen) atoms. The average Bonchev–Trinajstić information content (AvgIpc) is 2.47. The fraction of sp³-hybridized carbons (Fsp3) is 0.278. The third-order valence-electron chi connectivity index (χ3n) is 4.07. The molecule has 1 aliphatic rings. The first-order chi connectivity index (χ1) is 10.1. The lowest BCUT2D eigenvalue weighted by Crippen LogP contribution is -2.33. The fourth-order valence-electron chi connectivity index (χ4n) is 3.07. The van der Waals surface area contributed by atoms with Crippen LogP contribution in [0.1, 0.15) is 23.6 Å². The van der Waals surface area contributed by atoms with E-state index in [9.17, 15) is 0 Å². The number of anilines is 1. The molecule has 108 valence electrons. The van der Waals surface area contributed by atoms with Gasteiger partial charge in [0.25, 0.3) is 0 Å². The van der Waals surface area contributed by atoms with Crippen LogP contribution in [0, 0.1) is 11.3 Å². The maximum absolute atomic E-state index is 7.45. The molecule has 2 aromatic rings. The molecule has 0 saturated carbocycles. The van der Waals surface area contributed by atoms with Gasteiger partial charge in [-0.1, -0.05) is 49.4 Å². The minimum Gasteiger partial charge on any atom is -0.384 e. The summed E-state index contributed by atoms with van der Waals surface area (Å²) < 4.78 is 0. The maximum Gasteiger partial charge on any atom is 0.122 e. The fourth-order valence-corrected chi connectivity index (χ4v) is 3.07. The van der Waals surface area contributed by atoms with Crippen molar-refractivity contribution in [3.05, 3.63) is 65.2 Å². The molecular formula is C18H21N3. The van der Waals surface area contributed by atoms with Crippen molar-refractivity contribution in [3.8, 4) is 0 Å². The quantitative estimate of drug-likeness (QED) is 0.670. The first-order valence-corrected chi connectivity index (χ1v) is 7.39. The number of nitrogens with zero attached hydrogens (tertiary/aromatic N) is 1. The van der Waals surface area contributed by atoms with Crippen LogP contribution < -0.4 is 10.6 Å². The normalized spacial score (nSPS) is 17.4. The summed E-state index contributed by atoms with van der Waals surface area (Å²) in [7, 11) is 0. The zero-order chi connectivity index (χ0) is 14.8. The first-order valence-electron chi connectivity index (χ1n) is 7.39. The van der Waals surface area contributed by atoms with Gasteiger partial charge in [0.15, 0.2) is 0 Å². The summed E-state index contributed by atoms with van der Waals surface area (Å²) in [4.78, 5) is 2.45.